The van der Waals surface area contributed by atoms with Crippen LogP contribution in [0.25, 0.3) is 0 Å². The van der Waals surface area contributed by atoms with Crippen molar-refractivity contribution in [1.82, 2.24) is 9.55 Å². The highest BCUT2D eigenvalue weighted by Gasteiger charge is 2.29. The number of nitrogens with zero attached hydrogens (tertiary/aromatic N) is 2. The fourth-order valence-electron chi connectivity index (χ4n) is 1.92. The second-order valence-corrected chi connectivity index (χ2v) is 4.55. The normalized spacial score (nSPS) is 11.6. The highest BCUT2D eigenvalue weighted by atomic mass is 19.4. The molecule has 0 unspecified atom stereocenters. The number of hydrogen-bond acceptors (Lipinski definition) is 2. The molecule has 1 aromatic carbocycles. The predicted octanol–water partition coefficient (Wildman–Crippen LogP) is 2.97. The van der Waals surface area contributed by atoms with Gasteiger partial charge in [0, 0.05) is 25.4 Å². The van der Waals surface area contributed by atoms with Gasteiger partial charge in [-0.25, -0.2) is 4.98 Å². The van der Waals surface area contributed by atoms with E-state index in [4.69, 9.17) is 5.11 Å². The number of aromatic nitrogens is 2. The molecule has 2 rings (SSSR count). The van der Waals surface area contributed by atoms with Gasteiger partial charge in [-0.05, 0) is 17.7 Å². The van der Waals surface area contributed by atoms with E-state index < -0.39 is 17.7 Å². The number of alkyl halides is 3. The van der Waals surface area contributed by atoms with Crippen LogP contribution in [0.3, 0.4) is 0 Å². The zero-order valence-electron chi connectivity index (χ0n) is 11.0. The van der Waals surface area contributed by atoms with Gasteiger partial charge >= 0.3 is 12.1 Å². The Labute approximate surface area is 118 Å². The Kier molecular flexibility index (Phi) is 4.30. The number of rotatable bonds is 5. The van der Waals surface area contributed by atoms with E-state index in [0.29, 0.717) is 17.8 Å². The van der Waals surface area contributed by atoms with Crippen molar-refractivity contribution in [2.24, 2.45) is 0 Å². The number of hydrogen-bond donors (Lipinski definition) is 1. The number of halogens is 3. The van der Waals surface area contributed by atoms with Crippen molar-refractivity contribution < 1.29 is 23.1 Å². The molecule has 112 valence electrons. The van der Waals surface area contributed by atoms with Crippen LogP contribution in [0, 0.1) is 0 Å². The molecule has 0 aliphatic heterocycles. The molecule has 1 aromatic heterocycles. The Morgan fingerprint density at radius 1 is 1.24 bits per heavy atom. The summed E-state index contributed by atoms with van der Waals surface area (Å²) >= 11 is 0. The van der Waals surface area contributed by atoms with E-state index >= 15 is 0 Å². The number of carboxylic acids is 1. The molecule has 0 bridgehead atoms. The Hall–Kier alpha value is -2.31. The van der Waals surface area contributed by atoms with Crippen LogP contribution in [0.1, 0.15) is 23.4 Å². The summed E-state index contributed by atoms with van der Waals surface area (Å²) in [7, 11) is 0. The highest BCUT2D eigenvalue weighted by Crippen LogP contribution is 2.29. The quantitative estimate of drug-likeness (QED) is 0.923. The summed E-state index contributed by atoms with van der Waals surface area (Å²) in [4.78, 5) is 14.7. The standard InChI is InChI=1S/C14H13F3N2O2/c15-14(16,17)11-3-1-10(2-4-11)9-12-18-6-8-19(12)7-5-13(20)21/h1-4,6,8H,5,7,9H2,(H,20,21). The first-order valence-electron chi connectivity index (χ1n) is 6.24. The molecule has 0 saturated heterocycles. The molecule has 4 nitrogen and oxygen atoms in total. The molecule has 0 fully saturated rings. The van der Waals surface area contributed by atoms with Crippen molar-refractivity contribution >= 4 is 5.97 Å². The number of aliphatic carboxylic acids is 1. The second-order valence-electron chi connectivity index (χ2n) is 4.55. The predicted molar refractivity (Wildman–Crippen MR) is 68.7 cm³/mol. The minimum Gasteiger partial charge on any atom is -0.481 e. The van der Waals surface area contributed by atoms with Crippen molar-refractivity contribution in [2.75, 3.05) is 0 Å². The minimum absolute atomic E-state index is 0.0314. The smallest absolute Gasteiger partial charge is 0.416 e. The molecule has 0 saturated carbocycles. The van der Waals surface area contributed by atoms with E-state index in [2.05, 4.69) is 4.98 Å². The SMILES string of the molecule is O=C(O)CCn1ccnc1Cc1ccc(C(F)(F)F)cc1. The molecular weight excluding hydrogens is 285 g/mol. The molecule has 0 aliphatic carbocycles. The zero-order chi connectivity index (χ0) is 15.5. The van der Waals surface area contributed by atoms with Crippen molar-refractivity contribution in [3.05, 3.63) is 53.6 Å². The van der Waals surface area contributed by atoms with Crippen molar-refractivity contribution in [3.8, 4) is 0 Å². The molecule has 7 heteroatoms. The van der Waals surface area contributed by atoms with Crippen LogP contribution in [0.2, 0.25) is 0 Å². The summed E-state index contributed by atoms with van der Waals surface area (Å²) in [5.41, 5.74) is -0.00811. The Bertz CT molecular complexity index is 618. The fraction of sp³-hybridized carbons (Fsp3) is 0.286. The Balaban J connectivity index is 2.08. The zero-order valence-corrected chi connectivity index (χ0v) is 11.0. The van der Waals surface area contributed by atoms with Gasteiger partial charge in [0.25, 0.3) is 0 Å². The molecule has 2 aromatic rings. The Morgan fingerprint density at radius 2 is 1.90 bits per heavy atom. The number of aryl methyl sites for hydroxylation is 1. The molecule has 1 N–H and O–H groups in total. The van der Waals surface area contributed by atoms with Gasteiger partial charge < -0.3 is 9.67 Å². The lowest BCUT2D eigenvalue weighted by Gasteiger charge is -2.09. The number of carbonyl (C=O) groups is 1. The van der Waals surface area contributed by atoms with Crippen LogP contribution in [-0.4, -0.2) is 20.6 Å². The summed E-state index contributed by atoms with van der Waals surface area (Å²) in [5.74, 6) is -0.291. The van der Waals surface area contributed by atoms with Crippen LogP contribution in [0.15, 0.2) is 36.7 Å². The van der Waals surface area contributed by atoms with Crippen LogP contribution in [0.5, 0.6) is 0 Å². The maximum Gasteiger partial charge on any atom is 0.416 e. The van der Waals surface area contributed by atoms with Crippen LogP contribution in [-0.2, 0) is 23.9 Å². The maximum absolute atomic E-state index is 12.5. The second kappa shape index (κ2) is 5.99. The summed E-state index contributed by atoms with van der Waals surface area (Å²) in [6.07, 6.45) is -0.830. The summed E-state index contributed by atoms with van der Waals surface area (Å²) in [6.45, 7) is 0.283. The molecule has 0 aliphatic rings. The van der Waals surface area contributed by atoms with Crippen LogP contribution in [0.4, 0.5) is 13.2 Å². The lowest BCUT2D eigenvalue weighted by atomic mass is 10.1. The third-order valence-electron chi connectivity index (χ3n) is 3.01. The molecular formula is C14H13F3N2O2. The third-order valence-corrected chi connectivity index (χ3v) is 3.01. The first-order chi connectivity index (χ1) is 9.86. The van der Waals surface area contributed by atoms with Crippen LogP contribution >= 0.6 is 0 Å². The maximum atomic E-state index is 12.5. The van der Waals surface area contributed by atoms with Crippen LogP contribution < -0.4 is 0 Å². The molecule has 0 spiro atoms. The van der Waals surface area contributed by atoms with Gasteiger partial charge in [0.05, 0.1) is 12.0 Å². The molecule has 0 radical (unpaired) electrons. The third kappa shape index (κ3) is 4.08. The van der Waals surface area contributed by atoms with Crippen molar-refractivity contribution in [1.29, 1.82) is 0 Å². The van der Waals surface area contributed by atoms with E-state index in [0.717, 1.165) is 12.1 Å². The van der Waals surface area contributed by atoms with Gasteiger partial charge in [0.2, 0.25) is 0 Å². The van der Waals surface area contributed by atoms with Gasteiger partial charge in [-0.3, -0.25) is 4.79 Å². The average molecular weight is 298 g/mol. The number of imidazole rings is 1. The van der Waals surface area contributed by atoms with E-state index in [9.17, 15) is 18.0 Å². The van der Waals surface area contributed by atoms with Gasteiger partial charge in [-0.15, -0.1) is 0 Å². The highest BCUT2D eigenvalue weighted by molar-refractivity contribution is 5.66. The first kappa shape index (κ1) is 15.1. The molecule has 1 heterocycles. The number of carboxylic acid groups (broad SMARTS) is 1. The Morgan fingerprint density at radius 3 is 2.48 bits per heavy atom. The molecule has 0 atom stereocenters. The monoisotopic (exact) mass is 298 g/mol. The minimum atomic E-state index is -4.35. The van der Waals surface area contributed by atoms with E-state index in [1.54, 1.807) is 17.0 Å². The summed E-state index contributed by atoms with van der Waals surface area (Å²) < 4.78 is 39.1. The average Bonchev–Trinajstić information content (AvgIpc) is 2.83. The van der Waals surface area contributed by atoms with Crippen molar-refractivity contribution in [3.63, 3.8) is 0 Å². The van der Waals surface area contributed by atoms with Gasteiger partial charge in [-0.1, -0.05) is 12.1 Å². The van der Waals surface area contributed by atoms with Crippen molar-refractivity contribution in [2.45, 2.75) is 25.6 Å². The fourth-order valence-corrected chi connectivity index (χ4v) is 1.92. The topological polar surface area (TPSA) is 55.1 Å². The summed E-state index contributed by atoms with van der Waals surface area (Å²) in [5, 5.41) is 8.66. The summed E-state index contributed by atoms with van der Waals surface area (Å²) in [6, 6.07) is 4.86. The van der Waals surface area contributed by atoms with E-state index in [1.165, 1.54) is 12.1 Å². The van der Waals surface area contributed by atoms with E-state index in [1.807, 2.05) is 0 Å². The largest absolute Gasteiger partial charge is 0.481 e. The van der Waals surface area contributed by atoms with Gasteiger partial charge in [0.15, 0.2) is 0 Å². The lowest BCUT2D eigenvalue weighted by Crippen LogP contribution is -2.08. The van der Waals surface area contributed by atoms with Gasteiger partial charge in [-0.2, -0.15) is 13.2 Å². The molecule has 0 amide bonds. The van der Waals surface area contributed by atoms with E-state index in [-0.39, 0.29) is 13.0 Å². The molecule has 21 heavy (non-hydrogen) atoms. The first-order valence-corrected chi connectivity index (χ1v) is 6.24. The lowest BCUT2D eigenvalue weighted by molar-refractivity contribution is -0.138. The number of benzene rings is 1. The van der Waals surface area contributed by atoms with Gasteiger partial charge in [0.1, 0.15) is 5.82 Å².